The second kappa shape index (κ2) is 8.98. The Kier molecular flexibility index (Phi) is 6.41. The van der Waals surface area contributed by atoms with Crippen molar-refractivity contribution in [3.05, 3.63) is 83.4 Å². The van der Waals surface area contributed by atoms with E-state index in [0.29, 0.717) is 18.0 Å². The van der Waals surface area contributed by atoms with Crippen LogP contribution in [0.4, 0.5) is 11.4 Å². The van der Waals surface area contributed by atoms with E-state index in [1.54, 1.807) is 42.5 Å². The van der Waals surface area contributed by atoms with Gasteiger partial charge in [0.05, 0.1) is 22.1 Å². The van der Waals surface area contributed by atoms with Gasteiger partial charge in [-0.05, 0) is 61.5 Å². The van der Waals surface area contributed by atoms with Crippen LogP contribution in [0.2, 0.25) is 5.02 Å². The molecule has 0 fully saturated rings. The molecule has 0 aliphatic heterocycles. The quantitative estimate of drug-likeness (QED) is 0.564. The minimum absolute atomic E-state index is 0.121. The van der Waals surface area contributed by atoms with E-state index in [9.17, 15) is 13.2 Å². The molecule has 0 saturated carbocycles. The molecule has 3 rings (SSSR count). The SMILES string of the molecule is CCOc1ccc(NC(=O)c2cc(NS(=O)(=O)c3ccccc3)ccc2Cl)cc1. The summed E-state index contributed by atoms with van der Waals surface area (Å²) in [5, 5.41) is 2.94. The second-order valence-electron chi connectivity index (χ2n) is 6.02. The van der Waals surface area contributed by atoms with Crippen LogP contribution in [-0.4, -0.2) is 20.9 Å². The Bertz CT molecular complexity index is 1100. The first-order chi connectivity index (χ1) is 13.9. The molecule has 0 unspecified atom stereocenters. The molecule has 0 aromatic heterocycles. The van der Waals surface area contributed by atoms with Gasteiger partial charge in [-0.3, -0.25) is 9.52 Å². The number of carbonyl (C=O) groups is 1. The molecular weight excluding hydrogens is 412 g/mol. The van der Waals surface area contributed by atoms with E-state index in [1.807, 2.05) is 6.92 Å². The predicted molar refractivity (Wildman–Crippen MR) is 114 cm³/mol. The van der Waals surface area contributed by atoms with Crippen LogP contribution in [0.5, 0.6) is 5.75 Å². The summed E-state index contributed by atoms with van der Waals surface area (Å²) in [6, 6.07) is 19.2. The molecule has 6 nitrogen and oxygen atoms in total. The number of halogens is 1. The van der Waals surface area contributed by atoms with Gasteiger partial charge in [0.15, 0.2) is 0 Å². The third-order valence-electron chi connectivity index (χ3n) is 3.94. The van der Waals surface area contributed by atoms with Crippen LogP contribution >= 0.6 is 11.6 Å². The van der Waals surface area contributed by atoms with Crippen molar-refractivity contribution in [2.75, 3.05) is 16.6 Å². The third-order valence-corrected chi connectivity index (χ3v) is 5.67. The summed E-state index contributed by atoms with van der Waals surface area (Å²) in [6.45, 7) is 2.43. The molecule has 3 aromatic carbocycles. The molecule has 0 heterocycles. The van der Waals surface area contributed by atoms with Crippen molar-refractivity contribution >= 4 is 38.9 Å². The van der Waals surface area contributed by atoms with E-state index in [-0.39, 0.29) is 21.2 Å². The molecule has 8 heteroatoms. The number of hydrogen-bond acceptors (Lipinski definition) is 4. The zero-order chi connectivity index (χ0) is 20.9. The number of amides is 1. The minimum Gasteiger partial charge on any atom is -0.494 e. The van der Waals surface area contributed by atoms with Gasteiger partial charge in [0.1, 0.15) is 5.75 Å². The van der Waals surface area contributed by atoms with Crippen molar-refractivity contribution in [1.82, 2.24) is 0 Å². The highest BCUT2D eigenvalue weighted by molar-refractivity contribution is 7.92. The zero-order valence-corrected chi connectivity index (χ0v) is 17.1. The van der Waals surface area contributed by atoms with E-state index >= 15 is 0 Å². The molecule has 0 aliphatic carbocycles. The Labute approximate surface area is 174 Å². The number of ether oxygens (including phenoxy) is 1. The number of nitrogens with one attached hydrogen (secondary N) is 2. The summed E-state index contributed by atoms with van der Waals surface area (Å²) in [5.74, 6) is 0.237. The molecule has 0 aliphatic rings. The smallest absolute Gasteiger partial charge is 0.261 e. The van der Waals surface area contributed by atoms with Crippen molar-refractivity contribution in [3.8, 4) is 5.75 Å². The molecule has 3 aromatic rings. The topological polar surface area (TPSA) is 84.5 Å². The summed E-state index contributed by atoms with van der Waals surface area (Å²) in [6.07, 6.45) is 0. The highest BCUT2D eigenvalue weighted by atomic mass is 35.5. The van der Waals surface area contributed by atoms with Gasteiger partial charge in [0.25, 0.3) is 15.9 Å². The summed E-state index contributed by atoms with van der Waals surface area (Å²) in [7, 11) is -3.78. The fourth-order valence-corrected chi connectivity index (χ4v) is 3.85. The van der Waals surface area contributed by atoms with Crippen LogP contribution in [0.3, 0.4) is 0 Å². The van der Waals surface area contributed by atoms with Crippen molar-refractivity contribution < 1.29 is 17.9 Å². The Morgan fingerprint density at radius 1 is 0.966 bits per heavy atom. The Balaban J connectivity index is 1.78. The molecule has 0 bridgehead atoms. The Morgan fingerprint density at radius 3 is 2.28 bits per heavy atom. The first-order valence-electron chi connectivity index (χ1n) is 8.80. The molecule has 0 saturated heterocycles. The third kappa shape index (κ3) is 5.28. The summed E-state index contributed by atoms with van der Waals surface area (Å²) < 4.78 is 32.8. The number of hydrogen-bond donors (Lipinski definition) is 2. The van der Waals surface area contributed by atoms with Crippen molar-refractivity contribution in [1.29, 1.82) is 0 Å². The maximum atomic E-state index is 12.6. The van der Waals surface area contributed by atoms with E-state index in [0.717, 1.165) is 0 Å². The fraction of sp³-hybridized carbons (Fsp3) is 0.0952. The monoisotopic (exact) mass is 430 g/mol. The minimum atomic E-state index is -3.78. The van der Waals surface area contributed by atoms with Crippen LogP contribution < -0.4 is 14.8 Å². The first-order valence-corrected chi connectivity index (χ1v) is 10.7. The van der Waals surface area contributed by atoms with Gasteiger partial charge in [-0.25, -0.2) is 8.42 Å². The molecule has 150 valence electrons. The maximum absolute atomic E-state index is 12.6. The number of benzene rings is 3. The lowest BCUT2D eigenvalue weighted by molar-refractivity contribution is 0.102. The van der Waals surface area contributed by atoms with Crippen LogP contribution in [0, 0.1) is 0 Å². The Morgan fingerprint density at radius 2 is 1.62 bits per heavy atom. The molecule has 2 N–H and O–H groups in total. The molecule has 0 spiro atoms. The highest BCUT2D eigenvalue weighted by Gasteiger charge is 2.17. The normalized spacial score (nSPS) is 11.0. The lowest BCUT2D eigenvalue weighted by Crippen LogP contribution is -2.15. The highest BCUT2D eigenvalue weighted by Crippen LogP contribution is 2.24. The maximum Gasteiger partial charge on any atom is 0.261 e. The summed E-state index contributed by atoms with van der Waals surface area (Å²) in [5.41, 5.74) is 0.939. The standard InChI is InChI=1S/C21H19ClN2O4S/c1-2-28-17-11-8-15(9-12-17)23-21(25)19-14-16(10-13-20(19)22)24-29(26,27)18-6-4-3-5-7-18/h3-14,24H,2H2,1H3,(H,23,25). The van der Waals surface area contributed by atoms with E-state index in [2.05, 4.69) is 10.0 Å². The number of rotatable bonds is 7. The lowest BCUT2D eigenvalue weighted by Gasteiger charge is -2.12. The summed E-state index contributed by atoms with van der Waals surface area (Å²) >= 11 is 6.15. The number of anilines is 2. The van der Waals surface area contributed by atoms with Gasteiger partial charge in [-0.15, -0.1) is 0 Å². The van der Waals surface area contributed by atoms with E-state index < -0.39 is 15.9 Å². The zero-order valence-electron chi connectivity index (χ0n) is 15.6. The van der Waals surface area contributed by atoms with Gasteiger partial charge in [-0.1, -0.05) is 29.8 Å². The largest absolute Gasteiger partial charge is 0.494 e. The fourth-order valence-electron chi connectivity index (χ4n) is 2.58. The number of sulfonamides is 1. The van der Waals surface area contributed by atoms with Crippen molar-refractivity contribution in [3.63, 3.8) is 0 Å². The van der Waals surface area contributed by atoms with Crippen LogP contribution in [0.15, 0.2) is 77.7 Å². The van der Waals surface area contributed by atoms with E-state index in [4.69, 9.17) is 16.3 Å². The van der Waals surface area contributed by atoms with Crippen LogP contribution in [-0.2, 0) is 10.0 Å². The van der Waals surface area contributed by atoms with Crippen molar-refractivity contribution in [2.45, 2.75) is 11.8 Å². The van der Waals surface area contributed by atoms with Gasteiger partial charge in [0, 0.05) is 11.4 Å². The average molecular weight is 431 g/mol. The van der Waals surface area contributed by atoms with E-state index in [1.165, 1.54) is 30.3 Å². The van der Waals surface area contributed by atoms with Crippen LogP contribution in [0.1, 0.15) is 17.3 Å². The van der Waals surface area contributed by atoms with Crippen LogP contribution in [0.25, 0.3) is 0 Å². The predicted octanol–water partition coefficient (Wildman–Crippen LogP) is 4.79. The second-order valence-corrected chi connectivity index (χ2v) is 8.11. The first kappa shape index (κ1) is 20.7. The molecule has 29 heavy (non-hydrogen) atoms. The molecule has 0 radical (unpaired) electrons. The van der Waals surface area contributed by atoms with Gasteiger partial charge >= 0.3 is 0 Å². The number of carbonyl (C=O) groups excluding carboxylic acids is 1. The molecule has 1 amide bonds. The van der Waals surface area contributed by atoms with Gasteiger partial charge in [0.2, 0.25) is 0 Å². The van der Waals surface area contributed by atoms with Gasteiger partial charge in [-0.2, -0.15) is 0 Å². The van der Waals surface area contributed by atoms with Gasteiger partial charge < -0.3 is 10.1 Å². The summed E-state index contributed by atoms with van der Waals surface area (Å²) in [4.78, 5) is 12.8. The molecular formula is C21H19ClN2O4S. The Hall–Kier alpha value is -3.03. The average Bonchev–Trinajstić information content (AvgIpc) is 2.71. The van der Waals surface area contributed by atoms with Crippen molar-refractivity contribution in [2.24, 2.45) is 0 Å². The lowest BCUT2D eigenvalue weighted by atomic mass is 10.2. The molecule has 0 atom stereocenters.